The van der Waals surface area contributed by atoms with Crippen molar-refractivity contribution in [2.24, 2.45) is 0 Å². The van der Waals surface area contributed by atoms with Crippen molar-refractivity contribution in [1.29, 1.82) is 0 Å². The Bertz CT molecular complexity index is 555. The molecular formula is C18H21N. The molecule has 0 radical (unpaired) electrons. The molecule has 1 heteroatoms. The van der Waals surface area contributed by atoms with Crippen LogP contribution in [0, 0.1) is 0 Å². The summed E-state index contributed by atoms with van der Waals surface area (Å²) in [5.74, 6) is 0.806. The van der Waals surface area contributed by atoms with Gasteiger partial charge in [-0.1, -0.05) is 48.9 Å². The van der Waals surface area contributed by atoms with Crippen molar-refractivity contribution in [3.8, 4) is 11.1 Å². The molecule has 2 aromatic rings. The lowest BCUT2D eigenvalue weighted by molar-refractivity contribution is 0.420. The highest BCUT2D eigenvalue weighted by Gasteiger charge is 2.19. The lowest BCUT2D eigenvalue weighted by Crippen LogP contribution is -2.08. The van der Waals surface area contributed by atoms with Gasteiger partial charge in [0.2, 0.25) is 0 Å². The number of rotatable bonds is 4. The number of benzene rings is 2. The van der Waals surface area contributed by atoms with Gasteiger partial charge in [-0.2, -0.15) is 0 Å². The first-order valence-electron chi connectivity index (χ1n) is 7.21. The molecule has 0 aliphatic heterocycles. The first-order valence-corrected chi connectivity index (χ1v) is 7.21. The molecule has 0 bridgehead atoms. The highest BCUT2D eigenvalue weighted by molar-refractivity contribution is 5.65. The quantitative estimate of drug-likeness (QED) is 0.852. The third-order valence-electron chi connectivity index (χ3n) is 4.10. The van der Waals surface area contributed by atoms with Crippen LogP contribution in [0.5, 0.6) is 0 Å². The van der Waals surface area contributed by atoms with Gasteiger partial charge >= 0.3 is 0 Å². The van der Waals surface area contributed by atoms with Crippen molar-refractivity contribution in [2.75, 3.05) is 7.05 Å². The maximum absolute atomic E-state index is 3.21. The third-order valence-corrected chi connectivity index (χ3v) is 4.10. The summed E-state index contributed by atoms with van der Waals surface area (Å²) in [5, 5.41) is 3.21. The molecule has 0 spiro atoms. The molecule has 19 heavy (non-hydrogen) atoms. The smallest absolute Gasteiger partial charge is 0.0202 e. The second kappa shape index (κ2) is 5.58. The van der Waals surface area contributed by atoms with Crippen LogP contribution in [0.15, 0.2) is 48.5 Å². The van der Waals surface area contributed by atoms with Gasteiger partial charge in [-0.15, -0.1) is 0 Å². The fraction of sp³-hybridized carbons (Fsp3) is 0.333. The van der Waals surface area contributed by atoms with Gasteiger partial charge in [-0.3, -0.25) is 0 Å². The monoisotopic (exact) mass is 251 g/mol. The Labute approximate surface area is 115 Å². The Morgan fingerprint density at radius 3 is 2.42 bits per heavy atom. The Morgan fingerprint density at radius 1 is 1.00 bits per heavy atom. The molecule has 0 atom stereocenters. The van der Waals surface area contributed by atoms with Gasteiger partial charge in [0.25, 0.3) is 0 Å². The summed E-state index contributed by atoms with van der Waals surface area (Å²) in [5.41, 5.74) is 5.54. The molecule has 0 amide bonds. The van der Waals surface area contributed by atoms with E-state index in [-0.39, 0.29) is 0 Å². The van der Waals surface area contributed by atoms with E-state index >= 15 is 0 Å². The van der Waals surface area contributed by atoms with Crippen LogP contribution >= 0.6 is 0 Å². The van der Waals surface area contributed by atoms with Crippen LogP contribution in [0.2, 0.25) is 0 Å². The van der Waals surface area contributed by atoms with Crippen LogP contribution in [0.1, 0.15) is 36.3 Å². The maximum Gasteiger partial charge on any atom is 0.0202 e. The Kier molecular flexibility index (Phi) is 3.65. The van der Waals surface area contributed by atoms with Crippen molar-refractivity contribution in [2.45, 2.75) is 31.7 Å². The van der Waals surface area contributed by atoms with E-state index in [9.17, 15) is 0 Å². The third kappa shape index (κ3) is 2.71. The van der Waals surface area contributed by atoms with E-state index in [0.29, 0.717) is 0 Å². The van der Waals surface area contributed by atoms with Crippen LogP contribution in [-0.2, 0) is 6.54 Å². The van der Waals surface area contributed by atoms with Crippen LogP contribution in [-0.4, -0.2) is 7.05 Å². The normalized spacial score (nSPS) is 15.2. The molecule has 1 fully saturated rings. The number of nitrogens with one attached hydrogen (secondary N) is 1. The van der Waals surface area contributed by atoms with Gasteiger partial charge in [0, 0.05) is 6.54 Å². The van der Waals surface area contributed by atoms with E-state index in [4.69, 9.17) is 0 Å². The topological polar surface area (TPSA) is 12.0 Å². The molecular weight excluding hydrogens is 230 g/mol. The van der Waals surface area contributed by atoms with E-state index in [1.165, 1.54) is 41.5 Å². The lowest BCUT2D eigenvalue weighted by atomic mass is 9.79. The molecule has 1 nitrogen and oxygen atoms in total. The van der Waals surface area contributed by atoms with E-state index < -0.39 is 0 Å². The SMILES string of the molecule is CNCc1cccc(-c2cccc(C3CCC3)c2)c1. The molecule has 0 unspecified atom stereocenters. The summed E-state index contributed by atoms with van der Waals surface area (Å²) in [6.45, 7) is 0.927. The summed E-state index contributed by atoms with van der Waals surface area (Å²) >= 11 is 0. The Balaban J connectivity index is 1.90. The Morgan fingerprint density at radius 2 is 1.74 bits per heavy atom. The molecule has 1 aliphatic rings. The second-order valence-corrected chi connectivity index (χ2v) is 5.48. The van der Waals surface area contributed by atoms with Gasteiger partial charge in [-0.05, 0) is 54.1 Å². The minimum absolute atomic E-state index is 0.806. The fourth-order valence-electron chi connectivity index (χ4n) is 2.78. The first-order chi connectivity index (χ1) is 9.36. The van der Waals surface area contributed by atoms with Crippen LogP contribution in [0.3, 0.4) is 0 Å². The van der Waals surface area contributed by atoms with Crippen LogP contribution in [0.4, 0.5) is 0 Å². The number of hydrogen-bond donors (Lipinski definition) is 1. The fourth-order valence-corrected chi connectivity index (χ4v) is 2.78. The van der Waals surface area contributed by atoms with E-state index in [2.05, 4.69) is 53.8 Å². The highest BCUT2D eigenvalue weighted by atomic mass is 14.8. The zero-order chi connectivity index (χ0) is 13.1. The first kappa shape index (κ1) is 12.4. The summed E-state index contributed by atoms with van der Waals surface area (Å²) in [4.78, 5) is 0. The van der Waals surface area contributed by atoms with E-state index in [1.807, 2.05) is 7.05 Å². The molecule has 2 aromatic carbocycles. The average Bonchev–Trinajstić information content (AvgIpc) is 2.38. The molecule has 0 aromatic heterocycles. The molecule has 1 saturated carbocycles. The number of hydrogen-bond acceptors (Lipinski definition) is 1. The second-order valence-electron chi connectivity index (χ2n) is 5.48. The highest BCUT2D eigenvalue weighted by Crippen LogP contribution is 2.37. The van der Waals surface area contributed by atoms with Crippen LogP contribution < -0.4 is 5.32 Å². The van der Waals surface area contributed by atoms with Gasteiger partial charge in [0.1, 0.15) is 0 Å². The van der Waals surface area contributed by atoms with Crippen molar-refractivity contribution in [3.63, 3.8) is 0 Å². The largest absolute Gasteiger partial charge is 0.316 e. The molecule has 0 saturated heterocycles. The maximum atomic E-state index is 3.21. The molecule has 98 valence electrons. The zero-order valence-electron chi connectivity index (χ0n) is 11.5. The summed E-state index contributed by atoms with van der Waals surface area (Å²) < 4.78 is 0. The van der Waals surface area contributed by atoms with E-state index in [0.717, 1.165) is 12.5 Å². The molecule has 1 aliphatic carbocycles. The van der Waals surface area contributed by atoms with Crippen LogP contribution in [0.25, 0.3) is 11.1 Å². The van der Waals surface area contributed by atoms with Gasteiger partial charge < -0.3 is 5.32 Å². The summed E-state index contributed by atoms with van der Waals surface area (Å²) in [6.07, 6.45) is 4.12. The molecule has 3 rings (SSSR count). The predicted octanol–water partition coefficient (Wildman–Crippen LogP) is 4.34. The minimum atomic E-state index is 0.806. The van der Waals surface area contributed by atoms with E-state index in [1.54, 1.807) is 0 Å². The van der Waals surface area contributed by atoms with Gasteiger partial charge in [-0.25, -0.2) is 0 Å². The standard InChI is InChI=1S/C18H21N/c1-19-13-14-5-2-8-16(11-14)18-10-4-9-17(12-18)15-6-3-7-15/h2,4-5,8-12,15,19H,3,6-7,13H2,1H3. The van der Waals surface area contributed by atoms with Crippen molar-refractivity contribution in [3.05, 3.63) is 59.7 Å². The van der Waals surface area contributed by atoms with Gasteiger partial charge in [0.15, 0.2) is 0 Å². The van der Waals surface area contributed by atoms with Gasteiger partial charge in [0.05, 0.1) is 0 Å². The predicted molar refractivity (Wildman–Crippen MR) is 81.2 cm³/mol. The van der Waals surface area contributed by atoms with Crippen molar-refractivity contribution in [1.82, 2.24) is 5.32 Å². The molecule has 0 heterocycles. The van der Waals surface area contributed by atoms with Crippen molar-refractivity contribution >= 4 is 0 Å². The summed E-state index contributed by atoms with van der Waals surface area (Å²) in [7, 11) is 1.99. The lowest BCUT2D eigenvalue weighted by Gasteiger charge is -2.26. The average molecular weight is 251 g/mol. The minimum Gasteiger partial charge on any atom is -0.316 e. The van der Waals surface area contributed by atoms with Crippen molar-refractivity contribution < 1.29 is 0 Å². The summed E-state index contributed by atoms with van der Waals surface area (Å²) in [6, 6.07) is 17.9. The molecule has 1 N–H and O–H groups in total. The zero-order valence-corrected chi connectivity index (χ0v) is 11.5. The Hall–Kier alpha value is -1.60.